The SMILES string of the molecule is COc1ccc(CNc2nc(NC(CO)CCC(C)C)c3ncccc3n2)c(OC)c1. The van der Waals surface area contributed by atoms with Crippen molar-refractivity contribution in [2.75, 3.05) is 31.5 Å². The molecule has 0 aliphatic rings. The van der Waals surface area contributed by atoms with Crippen molar-refractivity contribution in [1.29, 1.82) is 0 Å². The van der Waals surface area contributed by atoms with Gasteiger partial charge in [0.05, 0.1) is 32.4 Å². The zero-order chi connectivity index (χ0) is 22.2. The second kappa shape index (κ2) is 10.8. The molecule has 3 rings (SSSR count). The minimum absolute atomic E-state index is 0.0247. The molecule has 8 heteroatoms. The number of hydrogen-bond donors (Lipinski definition) is 3. The Labute approximate surface area is 183 Å². The van der Waals surface area contributed by atoms with Crippen LogP contribution in [0.5, 0.6) is 11.5 Å². The van der Waals surface area contributed by atoms with Crippen molar-refractivity contribution < 1.29 is 14.6 Å². The maximum atomic E-state index is 9.83. The van der Waals surface area contributed by atoms with Crippen molar-refractivity contribution in [3.05, 3.63) is 42.1 Å². The van der Waals surface area contributed by atoms with Crippen LogP contribution < -0.4 is 20.1 Å². The van der Waals surface area contributed by atoms with E-state index in [1.165, 1.54) is 0 Å². The van der Waals surface area contributed by atoms with Gasteiger partial charge in [-0.3, -0.25) is 4.98 Å². The molecule has 31 heavy (non-hydrogen) atoms. The summed E-state index contributed by atoms with van der Waals surface area (Å²) < 4.78 is 10.7. The third-order valence-electron chi connectivity index (χ3n) is 5.04. The molecule has 0 spiro atoms. The first kappa shape index (κ1) is 22.6. The summed E-state index contributed by atoms with van der Waals surface area (Å²) in [5.41, 5.74) is 2.36. The van der Waals surface area contributed by atoms with Crippen LogP contribution in [-0.4, -0.2) is 46.9 Å². The Balaban J connectivity index is 1.83. The van der Waals surface area contributed by atoms with Gasteiger partial charge >= 0.3 is 0 Å². The summed E-state index contributed by atoms with van der Waals surface area (Å²) in [5, 5.41) is 16.5. The first-order chi connectivity index (χ1) is 15.0. The molecule has 0 aliphatic heterocycles. The van der Waals surface area contributed by atoms with Crippen molar-refractivity contribution >= 4 is 22.8 Å². The lowest BCUT2D eigenvalue weighted by atomic mass is 10.0. The van der Waals surface area contributed by atoms with Gasteiger partial charge in [-0.1, -0.05) is 13.8 Å². The summed E-state index contributed by atoms with van der Waals surface area (Å²) in [7, 11) is 3.25. The number of benzene rings is 1. The number of pyridine rings is 1. The number of methoxy groups -OCH3 is 2. The molecule has 1 aromatic carbocycles. The predicted molar refractivity (Wildman–Crippen MR) is 123 cm³/mol. The van der Waals surface area contributed by atoms with Gasteiger partial charge in [0.2, 0.25) is 5.95 Å². The summed E-state index contributed by atoms with van der Waals surface area (Å²) in [6.45, 7) is 4.85. The summed E-state index contributed by atoms with van der Waals surface area (Å²) >= 11 is 0. The van der Waals surface area contributed by atoms with Crippen LogP contribution in [0.2, 0.25) is 0 Å². The smallest absolute Gasteiger partial charge is 0.225 e. The molecule has 1 unspecified atom stereocenters. The first-order valence-corrected chi connectivity index (χ1v) is 10.5. The Morgan fingerprint density at radius 1 is 1.06 bits per heavy atom. The summed E-state index contributed by atoms with van der Waals surface area (Å²) in [4.78, 5) is 13.7. The van der Waals surface area contributed by atoms with Crippen molar-refractivity contribution in [3.8, 4) is 11.5 Å². The molecule has 2 aromatic heterocycles. The van der Waals surface area contributed by atoms with Crippen molar-refractivity contribution in [2.24, 2.45) is 5.92 Å². The van der Waals surface area contributed by atoms with E-state index in [4.69, 9.17) is 9.47 Å². The van der Waals surface area contributed by atoms with Crippen LogP contribution in [-0.2, 0) is 6.54 Å². The van der Waals surface area contributed by atoms with Crippen LogP contribution in [0.15, 0.2) is 36.5 Å². The summed E-state index contributed by atoms with van der Waals surface area (Å²) in [6, 6.07) is 9.32. The molecule has 0 bridgehead atoms. The normalized spacial score (nSPS) is 12.1. The molecule has 0 saturated heterocycles. The van der Waals surface area contributed by atoms with Gasteiger partial charge in [-0.05, 0) is 43.0 Å². The maximum Gasteiger partial charge on any atom is 0.225 e. The molecular formula is C23H31N5O3. The number of rotatable bonds is 11. The Morgan fingerprint density at radius 3 is 2.61 bits per heavy atom. The van der Waals surface area contributed by atoms with Crippen LogP contribution in [0.1, 0.15) is 32.3 Å². The minimum atomic E-state index is -0.1000. The number of aliphatic hydroxyl groups is 1. The van der Waals surface area contributed by atoms with E-state index >= 15 is 0 Å². The summed E-state index contributed by atoms with van der Waals surface area (Å²) in [6.07, 6.45) is 3.57. The van der Waals surface area contributed by atoms with Gasteiger partial charge in [0, 0.05) is 24.4 Å². The number of anilines is 2. The van der Waals surface area contributed by atoms with Crippen LogP contribution in [0.4, 0.5) is 11.8 Å². The first-order valence-electron chi connectivity index (χ1n) is 10.5. The molecule has 0 amide bonds. The van der Waals surface area contributed by atoms with Gasteiger partial charge in [-0.15, -0.1) is 0 Å². The van der Waals surface area contributed by atoms with E-state index in [0.29, 0.717) is 29.7 Å². The zero-order valence-electron chi connectivity index (χ0n) is 18.6. The molecule has 8 nitrogen and oxygen atoms in total. The number of nitrogens with zero attached hydrogens (tertiary/aromatic N) is 3. The Kier molecular flexibility index (Phi) is 7.83. The van der Waals surface area contributed by atoms with E-state index in [2.05, 4.69) is 39.4 Å². The number of nitrogens with one attached hydrogen (secondary N) is 2. The van der Waals surface area contributed by atoms with E-state index in [-0.39, 0.29) is 12.6 Å². The fourth-order valence-corrected chi connectivity index (χ4v) is 3.26. The predicted octanol–water partition coefficient (Wildman–Crippen LogP) is 3.86. The minimum Gasteiger partial charge on any atom is -0.497 e. The number of aliphatic hydroxyl groups excluding tert-OH is 1. The molecule has 166 valence electrons. The second-order valence-electron chi connectivity index (χ2n) is 7.79. The molecule has 0 radical (unpaired) electrons. The summed E-state index contributed by atoms with van der Waals surface area (Å²) in [5.74, 6) is 3.10. The topological polar surface area (TPSA) is 101 Å². The lowest BCUT2D eigenvalue weighted by Gasteiger charge is -2.19. The molecule has 0 saturated carbocycles. The van der Waals surface area contributed by atoms with Gasteiger partial charge < -0.3 is 25.2 Å². The van der Waals surface area contributed by atoms with Crippen molar-refractivity contribution in [1.82, 2.24) is 15.0 Å². The standard InChI is InChI=1S/C23H31N5O3/c1-15(2)7-9-17(14-29)26-22-21-19(6-5-11-24-21)27-23(28-22)25-13-16-8-10-18(30-3)12-20(16)31-4/h5-6,8,10-12,15,17,29H,7,9,13-14H2,1-4H3,(H2,25,26,27,28). The van der Waals surface area contributed by atoms with Crippen LogP contribution in [0, 0.1) is 5.92 Å². The van der Waals surface area contributed by atoms with E-state index in [9.17, 15) is 5.11 Å². The highest BCUT2D eigenvalue weighted by atomic mass is 16.5. The van der Waals surface area contributed by atoms with Crippen LogP contribution >= 0.6 is 0 Å². The van der Waals surface area contributed by atoms with Crippen molar-refractivity contribution in [2.45, 2.75) is 39.3 Å². The van der Waals surface area contributed by atoms with Gasteiger partial charge in [-0.2, -0.15) is 4.98 Å². The largest absolute Gasteiger partial charge is 0.497 e. The highest BCUT2D eigenvalue weighted by Crippen LogP contribution is 2.26. The van der Waals surface area contributed by atoms with E-state index < -0.39 is 0 Å². The molecule has 1 atom stereocenters. The number of hydrogen-bond acceptors (Lipinski definition) is 8. The molecule has 2 heterocycles. The second-order valence-corrected chi connectivity index (χ2v) is 7.79. The highest BCUT2D eigenvalue weighted by molar-refractivity contribution is 5.86. The molecule has 3 N–H and O–H groups in total. The third-order valence-corrected chi connectivity index (χ3v) is 5.04. The average Bonchev–Trinajstić information content (AvgIpc) is 2.79. The molecule has 0 aliphatic carbocycles. The fraction of sp³-hybridized carbons (Fsp3) is 0.435. The van der Waals surface area contributed by atoms with Crippen molar-refractivity contribution in [3.63, 3.8) is 0 Å². The fourth-order valence-electron chi connectivity index (χ4n) is 3.26. The number of fused-ring (bicyclic) bond motifs is 1. The molecular weight excluding hydrogens is 394 g/mol. The lowest BCUT2D eigenvalue weighted by Crippen LogP contribution is -2.25. The monoisotopic (exact) mass is 425 g/mol. The number of aromatic nitrogens is 3. The van der Waals surface area contributed by atoms with Gasteiger partial charge in [0.1, 0.15) is 17.0 Å². The van der Waals surface area contributed by atoms with Gasteiger partial charge in [0.15, 0.2) is 5.82 Å². The third kappa shape index (κ3) is 5.95. The average molecular weight is 426 g/mol. The Hall–Kier alpha value is -3.13. The maximum absolute atomic E-state index is 9.83. The van der Waals surface area contributed by atoms with Crippen LogP contribution in [0.3, 0.4) is 0 Å². The van der Waals surface area contributed by atoms with Gasteiger partial charge in [0.25, 0.3) is 0 Å². The highest BCUT2D eigenvalue weighted by Gasteiger charge is 2.15. The van der Waals surface area contributed by atoms with E-state index in [1.54, 1.807) is 20.4 Å². The zero-order valence-corrected chi connectivity index (χ0v) is 18.6. The molecule has 0 fully saturated rings. The molecule has 3 aromatic rings. The Bertz CT molecular complexity index is 996. The van der Waals surface area contributed by atoms with E-state index in [0.717, 1.165) is 35.4 Å². The Morgan fingerprint density at radius 2 is 1.90 bits per heavy atom. The quantitative estimate of drug-likeness (QED) is 0.426. The van der Waals surface area contributed by atoms with Gasteiger partial charge in [-0.25, -0.2) is 4.98 Å². The number of ether oxygens (including phenoxy) is 2. The van der Waals surface area contributed by atoms with Crippen LogP contribution in [0.25, 0.3) is 11.0 Å². The van der Waals surface area contributed by atoms with E-state index in [1.807, 2.05) is 30.3 Å². The lowest BCUT2D eigenvalue weighted by molar-refractivity contribution is 0.263.